The average Bonchev–Trinajstić information content (AvgIpc) is 3.39. The van der Waals surface area contributed by atoms with Gasteiger partial charge in [-0.1, -0.05) is 49.4 Å². The van der Waals surface area contributed by atoms with Crippen molar-refractivity contribution in [2.24, 2.45) is 0 Å². The number of ether oxygens (including phenoxy) is 1. The molecule has 0 radical (unpaired) electrons. The maximum Gasteiger partial charge on any atom is 0.332 e. The molecule has 1 aromatic heterocycles. The number of aromatic nitrogens is 1. The molecule has 1 fully saturated rings. The third-order valence-corrected chi connectivity index (χ3v) is 7.72. The lowest BCUT2D eigenvalue weighted by Crippen LogP contribution is -2.50. The van der Waals surface area contributed by atoms with Crippen LogP contribution in [0.2, 0.25) is 0 Å². The van der Waals surface area contributed by atoms with Crippen molar-refractivity contribution in [3.05, 3.63) is 95.2 Å². The van der Waals surface area contributed by atoms with Crippen molar-refractivity contribution in [2.75, 3.05) is 18.1 Å². The number of para-hydroxylation sites is 1. The molecule has 3 heterocycles. The molecule has 2 aliphatic heterocycles. The van der Waals surface area contributed by atoms with Crippen molar-refractivity contribution in [3.63, 3.8) is 0 Å². The van der Waals surface area contributed by atoms with Crippen molar-refractivity contribution in [1.29, 1.82) is 0 Å². The van der Waals surface area contributed by atoms with E-state index in [2.05, 4.69) is 42.2 Å². The number of hydrogen-bond donors (Lipinski definition) is 1. The number of benzene rings is 3. The molecule has 0 unspecified atom stereocenters. The minimum Gasteiger partial charge on any atom is -0.494 e. The largest absolute Gasteiger partial charge is 0.494 e. The minimum atomic E-state index is -1.12. The van der Waals surface area contributed by atoms with Crippen LogP contribution in [0.25, 0.3) is 10.9 Å². The molecule has 182 valence electrons. The van der Waals surface area contributed by atoms with E-state index in [1.807, 2.05) is 32.0 Å². The van der Waals surface area contributed by atoms with Crippen molar-refractivity contribution < 1.29 is 14.3 Å². The lowest BCUT2D eigenvalue weighted by molar-refractivity contribution is -0.125. The summed E-state index contributed by atoms with van der Waals surface area (Å²) in [6.45, 7) is 6.91. The van der Waals surface area contributed by atoms with Gasteiger partial charge in [0.2, 0.25) is 0 Å². The Bertz CT molecular complexity index is 1470. The monoisotopic (exact) mass is 479 g/mol. The third-order valence-electron chi connectivity index (χ3n) is 7.72. The summed E-state index contributed by atoms with van der Waals surface area (Å²) in [5, 5.41) is 1.10. The van der Waals surface area contributed by atoms with Crippen LogP contribution in [-0.2, 0) is 16.8 Å². The zero-order valence-electron chi connectivity index (χ0n) is 20.7. The van der Waals surface area contributed by atoms with Crippen LogP contribution in [-0.4, -0.2) is 35.0 Å². The maximum absolute atomic E-state index is 14.1. The van der Waals surface area contributed by atoms with Crippen LogP contribution in [0.4, 0.5) is 10.5 Å². The van der Waals surface area contributed by atoms with Gasteiger partial charge in [-0.2, -0.15) is 0 Å². The second kappa shape index (κ2) is 8.26. The highest BCUT2D eigenvalue weighted by Crippen LogP contribution is 2.50. The molecule has 2 atom stereocenters. The molecule has 2 aliphatic rings. The number of amides is 3. The van der Waals surface area contributed by atoms with Crippen LogP contribution in [0.15, 0.2) is 72.8 Å². The van der Waals surface area contributed by atoms with Crippen molar-refractivity contribution in [1.82, 2.24) is 9.88 Å². The summed E-state index contributed by atoms with van der Waals surface area (Å²) < 4.78 is 5.55. The zero-order valence-corrected chi connectivity index (χ0v) is 20.7. The van der Waals surface area contributed by atoms with Gasteiger partial charge in [0.1, 0.15) is 5.75 Å². The van der Waals surface area contributed by atoms with Crippen LogP contribution in [0.1, 0.15) is 49.1 Å². The Kier molecular flexibility index (Phi) is 5.14. The minimum absolute atomic E-state index is 0.0489. The highest BCUT2D eigenvalue weighted by atomic mass is 16.5. The summed E-state index contributed by atoms with van der Waals surface area (Å²) in [5.41, 5.74) is 4.71. The Labute approximate surface area is 210 Å². The molecule has 4 aromatic rings. The predicted molar refractivity (Wildman–Crippen MR) is 141 cm³/mol. The van der Waals surface area contributed by atoms with Gasteiger partial charge in [0.05, 0.1) is 18.0 Å². The van der Waals surface area contributed by atoms with E-state index < -0.39 is 5.54 Å². The SMILES string of the molecule is CCOc1ccc(N2C(=O)N3C[C@@H](c4ccc(CC)cc4)c4c([nH]c5ccccc45)[C@@]3(C)C2=O)cc1. The fourth-order valence-electron chi connectivity index (χ4n) is 5.76. The Morgan fingerprint density at radius 1 is 0.972 bits per heavy atom. The van der Waals surface area contributed by atoms with Crippen LogP contribution in [0.3, 0.4) is 0 Å². The van der Waals surface area contributed by atoms with Gasteiger partial charge in [-0.05, 0) is 67.3 Å². The Balaban J connectivity index is 1.50. The first-order chi connectivity index (χ1) is 17.5. The second-order valence-electron chi connectivity index (χ2n) is 9.64. The molecular weight excluding hydrogens is 450 g/mol. The lowest BCUT2D eigenvalue weighted by Gasteiger charge is -2.40. The van der Waals surface area contributed by atoms with Gasteiger partial charge in [-0.3, -0.25) is 4.79 Å². The molecule has 6 nitrogen and oxygen atoms in total. The molecule has 3 amide bonds. The van der Waals surface area contributed by atoms with Crippen LogP contribution < -0.4 is 9.64 Å². The van der Waals surface area contributed by atoms with E-state index in [9.17, 15) is 9.59 Å². The van der Waals surface area contributed by atoms with E-state index in [1.165, 1.54) is 10.5 Å². The summed E-state index contributed by atoms with van der Waals surface area (Å²) in [6, 6.07) is 23.6. The lowest BCUT2D eigenvalue weighted by atomic mass is 9.78. The number of H-pyrrole nitrogens is 1. The fraction of sp³-hybridized carbons (Fsp3) is 0.267. The van der Waals surface area contributed by atoms with Crippen molar-refractivity contribution >= 4 is 28.5 Å². The topological polar surface area (TPSA) is 65.6 Å². The Morgan fingerprint density at radius 2 is 1.69 bits per heavy atom. The number of nitrogens with one attached hydrogen (secondary N) is 1. The quantitative estimate of drug-likeness (QED) is 0.359. The van der Waals surface area contributed by atoms with E-state index >= 15 is 0 Å². The van der Waals surface area contributed by atoms with Gasteiger partial charge in [0.25, 0.3) is 5.91 Å². The fourth-order valence-corrected chi connectivity index (χ4v) is 5.76. The van der Waals surface area contributed by atoms with E-state index in [-0.39, 0.29) is 17.9 Å². The summed E-state index contributed by atoms with van der Waals surface area (Å²) in [4.78, 5) is 34.5. The van der Waals surface area contributed by atoms with Crippen LogP contribution in [0, 0.1) is 0 Å². The number of hydrogen-bond acceptors (Lipinski definition) is 3. The first kappa shape index (κ1) is 22.4. The van der Waals surface area contributed by atoms with Gasteiger partial charge in [0, 0.05) is 23.4 Å². The number of aromatic amines is 1. The van der Waals surface area contributed by atoms with E-state index in [4.69, 9.17) is 4.74 Å². The average molecular weight is 480 g/mol. The molecule has 0 spiro atoms. The maximum atomic E-state index is 14.1. The van der Waals surface area contributed by atoms with E-state index in [1.54, 1.807) is 29.2 Å². The van der Waals surface area contributed by atoms with Crippen LogP contribution >= 0.6 is 0 Å². The molecule has 3 aromatic carbocycles. The Morgan fingerprint density at radius 3 is 2.39 bits per heavy atom. The number of fused-ring (bicyclic) bond motifs is 5. The molecule has 1 saturated heterocycles. The van der Waals surface area contributed by atoms with Gasteiger partial charge >= 0.3 is 6.03 Å². The number of carbonyl (C=O) groups is 2. The summed E-state index contributed by atoms with van der Waals surface area (Å²) in [6.07, 6.45) is 0.970. The molecule has 6 rings (SSSR count). The molecular formula is C30H29N3O3. The molecule has 0 bridgehead atoms. The normalized spacial score (nSPS) is 21.1. The predicted octanol–water partition coefficient (Wildman–Crippen LogP) is 5.96. The van der Waals surface area contributed by atoms with Gasteiger partial charge < -0.3 is 14.6 Å². The molecule has 0 aliphatic carbocycles. The van der Waals surface area contributed by atoms with E-state index in [0.717, 1.165) is 34.1 Å². The number of nitrogens with zero attached hydrogens (tertiary/aromatic N) is 2. The molecule has 36 heavy (non-hydrogen) atoms. The highest BCUT2D eigenvalue weighted by molar-refractivity contribution is 6.23. The number of anilines is 1. The zero-order chi connectivity index (χ0) is 25.0. The Hall–Kier alpha value is -4.06. The van der Waals surface area contributed by atoms with Crippen LogP contribution in [0.5, 0.6) is 5.75 Å². The number of imide groups is 1. The van der Waals surface area contributed by atoms with Gasteiger partial charge in [-0.25, -0.2) is 9.69 Å². The smallest absolute Gasteiger partial charge is 0.332 e. The highest BCUT2D eigenvalue weighted by Gasteiger charge is 2.60. The number of aryl methyl sites for hydroxylation is 1. The number of carbonyl (C=O) groups excluding carboxylic acids is 2. The first-order valence-electron chi connectivity index (χ1n) is 12.6. The summed E-state index contributed by atoms with van der Waals surface area (Å²) >= 11 is 0. The van der Waals surface area contributed by atoms with E-state index in [0.29, 0.717) is 24.6 Å². The summed E-state index contributed by atoms with van der Waals surface area (Å²) in [5.74, 6) is 0.411. The van der Waals surface area contributed by atoms with Gasteiger partial charge in [-0.15, -0.1) is 0 Å². The number of urea groups is 1. The molecule has 6 heteroatoms. The number of rotatable bonds is 5. The first-order valence-corrected chi connectivity index (χ1v) is 12.6. The van der Waals surface area contributed by atoms with Crippen molar-refractivity contribution in [3.8, 4) is 5.75 Å². The summed E-state index contributed by atoms with van der Waals surface area (Å²) in [7, 11) is 0. The second-order valence-corrected chi connectivity index (χ2v) is 9.64. The molecule has 1 N–H and O–H groups in total. The molecule has 0 saturated carbocycles. The van der Waals surface area contributed by atoms with Gasteiger partial charge in [0.15, 0.2) is 5.54 Å². The van der Waals surface area contributed by atoms with Crippen molar-refractivity contribution in [2.45, 2.75) is 38.6 Å². The third kappa shape index (κ3) is 3.10. The standard InChI is InChI=1S/C30H29N3O3/c1-4-19-10-12-20(13-11-19)24-18-32-29(35)33(21-14-16-22(17-15-21)36-5-2)28(34)30(32,3)27-26(24)23-8-6-7-9-25(23)31-27/h6-17,24,31H,4-5,18H2,1-3H3/t24-,30-/m0/s1.